The van der Waals surface area contributed by atoms with E-state index < -0.39 is 282 Å². The molecule has 0 spiro atoms. The van der Waals surface area contributed by atoms with Gasteiger partial charge in [0.25, 0.3) is 0 Å². The first-order valence-corrected chi connectivity index (χ1v) is 47.4. The summed E-state index contributed by atoms with van der Waals surface area (Å²) in [6.07, 6.45) is -75.6. The van der Waals surface area contributed by atoms with Crippen LogP contribution in [0.4, 0.5) is 0 Å². The number of aliphatic hydroxyl groups excluding tert-OH is 16. The lowest BCUT2D eigenvalue weighted by atomic mass is 9.95. The van der Waals surface area contributed by atoms with Crippen LogP contribution >= 0.6 is 94.1 Å². The molecule has 0 aliphatic carbocycles. The standard InChI is InChI=1S/C68H112O40S8/c1-5-109-17-25-53-38(78)46(86)62(94-25)103-55-27(19-111-7-3)96-64(48(88)40(55)80)105-57-29(21-113-13-9-33(69)70)98-66(50(90)42(57)82)107-59-31(23-115-15-11-35(73)74)100-68(52(92)44(59)84)108-60-32(24-116-16-12-36(75)76)99-67(51(91)43(60)83)106-58-30(22-114-14-10-34(71)72)97-65(49(89)41(58)81)104-56-28(20-112-8-4)95-63(47(87)39(56)79)102-54-26(18-110-6-2)93-61(101-53)45(85)37(54)77/h25-32,37-68,77-92H,5-24H2,1-4H3,(H,69,70)(H,71,72)(H,73,74)(H,75,76)/t25-,26-,27-,28-,29-,30-,31-,32-,37-,38-,39-,40-,41-,42-,43-,44-,45-,46-,47-,48-,49-,50-,51-,52-,53?,54?,55?,56?,57?,58?,59?,60?,61-,62-,63-,64-,65-,66-,67-,68-/m1/s1. The van der Waals surface area contributed by atoms with E-state index in [9.17, 15) is 121 Å². The Hall–Kier alpha value is -0.600. The van der Waals surface area contributed by atoms with E-state index in [0.717, 1.165) is 47.0 Å². The number of rotatable bonds is 32. The van der Waals surface area contributed by atoms with Crippen LogP contribution in [0.25, 0.3) is 0 Å². The number of hydrogen-bond acceptors (Lipinski definition) is 44. The Balaban J connectivity index is 1.08. The molecule has 116 heavy (non-hydrogen) atoms. The van der Waals surface area contributed by atoms with Gasteiger partial charge >= 0.3 is 23.9 Å². The van der Waals surface area contributed by atoms with Gasteiger partial charge in [0.1, 0.15) is 146 Å². The fraction of sp³-hybridized carbons (Fsp3) is 0.941. The summed E-state index contributed by atoms with van der Waals surface area (Å²) < 4.78 is 101. The van der Waals surface area contributed by atoms with Gasteiger partial charge in [-0.1, -0.05) is 27.7 Å². The third-order valence-corrected chi connectivity index (χ3v) is 28.5. The molecule has 0 amide bonds. The number of carboxylic acid groups (broad SMARTS) is 4. The van der Waals surface area contributed by atoms with Gasteiger partial charge in [-0.2, -0.15) is 94.1 Å². The molecular weight excluding hydrogens is 1710 g/mol. The van der Waals surface area contributed by atoms with Gasteiger partial charge in [-0.15, -0.1) is 0 Å². The average Bonchev–Trinajstić information content (AvgIpc) is 0.771. The second kappa shape index (κ2) is 47.8. The maximum absolute atomic E-state index is 12.2. The highest BCUT2D eigenvalue weighted by atomic mass is 32.2. The fourth-order valence-corrected chi connectivity index (χ4v) is 21.1. The van der Waals surface area contributed by atoms with Gasteiger partial charge in [0.15, 0.2) is 50.3 Å². The molecule has 30 heterocycles. The van der Waals surface area contributed by atoms with Crippen molar-refractivity contribution >= 4 is 118 Å². The number of aliphatic carboxylic acids is 4. The van der Waals surface area contributed by atoms with E-state index in [0.29, 0.717) is 23.0 Å². The van der Waals surface area contributed by atoms with E-state index in [-0.39, 0.29) is 81.9 Å². The van der Waals surface area contributed by atoms with E-state index in [1.807, 2.05) is 13.8 Å². The van der Waals surface area contributed by atoms with E-state index in [1.165, 1.54) is 47.0 Å². The molecule has 20 N–H and O–H groups in total. The lowest BCUT2D eigenvalue weighted by Crippen LogP contribution is -2.69. The normalized spacial score (nSPS) is 44.7. The van der Waals surface area contributed by atoms with E-state index in [1.54, 1.807) is 13.8 Å². The SMILES string of the molecule is CCSC[C@H]1O[C@@H]2OC3[C@@H](CSCC)O[C@H](OC4[C@@H](CSCC)O[C@H](OC5[C@@H](CSCCC(=O)O)O[C@H](OC6[C@@H](CSCCC(=O)O)O[C@H](OC7[C@@H](CSCCC(=O)O)O[C@H](OC8[C@@H](CSCCC(=O)O)O[C@H](OC9[C@@H](CSCC)O[C@H](OC1[C@H](O)[C@H]2O)[C@H](O)[C@H]9O)[C@H](O)[C@H]8O)[C@H](O)[C@H]7O)[C@H](O)[C@H]6O)[C@H](O)[C@H]5O)[C@H](O)[C@H]4O)[C@H](O)[C@H]3O. The summed E-state index contributed by atoms with van der Waals surface area (Å²) in [6.45, 7) is 7.23. The summed E-state index contributed by atoms with van der Waals surface area (Å²) in [6, 6.07) is 0. The first-order valence-electron chi connectivity index (χ1n) is 38.2. The van der Waals surface area contributed by atoms with Gasteiger partial charge in [0.05, 0.1) is 74.5 Å². The summed E-state index contributed by atoms with van der Waals surface area (Å²) in [5.74, 6) is -4.45. The monoisotopic (exact) mass is 1820 g/mol. The van der Waals surface area contributed by atoms with Crippen LogP contribution in [0, 0.1) is 0 Å². The highest BCUT2D eigenvalue weighted by Crippen LogP contribution is 2.43. The number of thioether (sulfide) groups is 8. The van der Waals surface area contributed by atoms with Crippen molar-refractivity contribution in [2.24, 2.45) is 0 Å². The summed E-state index contributed by atoms with van der Waals surface area (Å²) in [7, 11) is 0. The molecule has 16 bridgehead atoms. The maximum atomic E-state index is 12.2. The maximum Gasteiger partial charge on any atom is 0.304 e. The number of hydrogen-bond donors (Lipinski definition) is 20. The van der Waals surface area contributed by atoms with Gasteiger partial charge in [0, 0.05) is 69.0 Å². The molecule has 8 unspecified atom stereocenters. The second-order valence-corrected chi connectivity index (χ2v) is 38.4. The van der Waals surface area contributed by atoms with Gasteiger partial charge in [-0.25, -0.2) is 0 Å². The smallest absolute Gasteiger partial charge is 0.304 e. The molecule has 40 atom stereocenters. The number of carboxylic acids is 4. The quantitative estimate of drug-likeness (QED) is 0.0279. The zero-order valence-corrected chi connectivity index (χ0v) is 70.1. The molecule has 30 rings (SSSR count). The highest BCUT2D eigenvalue weighted by molar-refractivity contribution is 8.00. The predicted octanol–water partition coefficient (Wildman–Crippen LogP) is -5.50. The van der Waals surface area contributed by atoms with Gasteiger partial charge in [-0.05, 0) is 23.0 Å². The van der Waals surface area contributed by atoms with Gasteiger partial charge < -0.3 is 178 Å². The van der Waals surface area contributed by atoms with Crippen LogP contribution in [0.5, 0.6) is 0 Å². The Bertz CT molecular complexity index is 2920. The van der Waals surface area contributed by atoms with Crippen LogP contribution in [0.1, 0.15) is 53.4 Å². The van der Waals surface area contributed by atoms with Crippen LogP contribution in [-0.4, -0.2) is 464 Å². The third-order valence-electron chi connectivity index (χ3n) is 20.4. The number of aliphatic hydroxyl groups is 16. The molecule has 0 saturated carbocycles. The molecular formula is C68H112O40S8. The first-order chi connectivity index (χ1) is 55.3. The lowest BCUT2D eigenvalue weighted by molar-refractivity contribution is -0.396. The van der Waals surface area contributed by atoms with Gasteiger partial charge in [-0.3, -0.25) is 19.2 Å². The summed E-state index contributed by atoms with van der Waals surface area (Å²) >= 11 is 8.96. The van der Waals surface area contributed by atoms with Crippen molar-refractivity contribution in [1.82, 2.24) is 0 Å². The zero-order chi connectivity index (χ0) is 84.5. The van der Waals surface area contributed by atoms with Crippen molar-refractivity contribution < 1.29 is 197 Å². The van der Waals surface area contributed by atoms with Crippen LogP contribution < -0.4 is 0 Å². The molecule has 48 heteroatoms. The molecule has 30 aliphatic heterocycles. The second-order valence-electron chi connectivity index (χ2n) is 28.5. The average molecular weight is 1830 g/mol. The van der Waals surface area contributed by atoms with E-state index >= 15 is 0 Å². The summed E-state index contributed by atoms with van der Waals surface area (Å²) in [5, 5.41) is 232. The lowest BCUT2D eigenvalue weighted by Gasteiger charge is -2.51. The Morgan fingerprint density at radius 2 is 0.319 bits per heavy atom. The minimum absolute atomic E-state index is 0.0129. The molecule has 0 radical (unpaired) electrons. The highest BCUT2D eigenvalue weighted by Gasteiger charge is 2.61. The van der Waals surface area contributed by atoms with Crippen molar-refractivity contribution in [3.8, 4) is 0 Å². The van der Waals surface area contributed by atoms with Crippen LogP contribution in [0.2, 0.25) is 0 Å². The molecule has 40 nitrogen and oxygen atoms in total. The molecule has 30 aliphatic rings. The topological polar surface area (TPSA) is 621 Å². The van der Waals surface area contributed by atoms with Crippen LogP contribution in [0.3, 0.4) is 0 Å². The molecule has 672 valence electrons. The third kappa shape index (κ3) is 25.9. The number of carbonyl (C=O) groups is 4. The van der Waals surface area contributed by atoms with Crippen molar-refractivity contribution in [2.45, 2.75) is 299 Å². The minimum Gasteiger partial charge on any atom is -0.481 e. The summed E-state index contributed by atoms with van der Waals surface area (Å²) in [4.78, 5) is 47.0. The molecule has 0 aromatic carbocycles. The number of ether oxygens (including phenoxy) is 16. The first kappa shape index (κ1) is 99.2. The van der Waals surface area contributed by atoms with Crippen molar-refractivity contribution in [2.75, 3.05) is 92.0 Å². The molecule has 30 fully saturated rings. The molecule has 0 aromatic heterocycles. The summed E-state index contributed by atoms with van der Waals surface area (Å²) in [5.41, 5.74) is 0. The fourth-order valence-electron chi connectivity index (χ4n) is 14.2. The predicted molar refractivity (Wildman–Crippen MR) is 415 cm³/mol. The Kier molecular flexibility index (Phi) is 40.9. The van der Waals surface area contributed by atoms with Crippen LogP contribution in [-0.2, 0) is 95.0 Å². The van der Waals surface area contributed by atoms with Crippen molar-refractivity contribution in [3.05, 3.63) is 0 Å². The largest absolute Gasteiger partial charge is 0.481 e. The minimum atomic E-state index is -2.24. The van der Waals surface area contributed by atoms with E-state index in [2.05, 4.69) is 0 Å². The van der Waals surface area contributed by atoms with Crippen molar-refractivity contribution in [3.63, 3.8) is 0 Å². The molecule has 0 aromatic rings. The Morgan fingerprint density at radius 3 is 0.431 bits per heavy atom. The van der Waals surface area contributed by atoms with Crippen molar-refractivity contribution in [1.29, 1.82) is 0 Å². The zero-order valence-electron chi connectivity index (χ0n) is 63.6. The molecule has 30 saturated heterocycles. The van der Waals surface area contributed by atoms with Crippen LogP contribution in [0.15, 0.2) is 0 Å². The van der Waals surface area contributed by atoms with E-state index in [4.69, 9.17) is 75.8 Å². The Labute approximate surface area is 701 Å². The van der Waals surface area contributed by atoms with Gasteiger partial charge in [0.2, 0.25) is 0 Å². The Morgan fingerprint density at radius 1 is 0.198 bits per heavy atom.